The van der Waals surface area contributed by atoms with Crippen molar-refractivity contribution in [2.75, 3.05) is 0 Å². The molecule has 6 nitrogen and oxygen atoms in total. The second kappa shape index (κ2) is 5.90. The van der Waals surface area contributed by atoms with E-state index in [-0.39, 0.29) is 17.6 Å². The molecule has 0 spiro atoms. The van der Waals surface area contributed by atoms with Gasteiger partial charge >= 0.3 is 0 Å². The molecule has 1 saturated carbocycles. The second-order valence-corrected chi connectivity index (χ2v) is 7.25. The molecule has 3 N–H and O–H groups in total. The van der Waals surface area contributed by atoms with E-state index in [9.17, 15) is 9.90 Å². The van der Waals surface area contributed by atoms with E-state index in [4.69, 9.17) is 10.7 Å². The van der Waals surface area contributed by atoms with Gasteiger partial charge in [-0.2, -0.15) is 5.10 Å². The van der Waals surface area contributed by atoms with Crippen LogP contribution < -0.4 is 5.73 Å². The molecule has 0 saturated heterocycles. The van der Waals surface area contributed by atoms with Crippen LogP contribution in [0.4, 0.5) is 0 Å². The normalized spacial score (nSPS) is 21.2. The van der Waals surface area contributed by atoms with Crippen LogP contribution in [0.5, 0.6) is 5.75 Å². The third-order valence-corrected chi connectivity index (χ3v) is 5.70. The Morgan fingerprint density at radius 3 is 2.54 bits per heavy atom. The highest BCUT2D eigenvalue weighted by atomic mass is 32.1. The SMILES string of the molecule is NC(=O)[C@H]1CC[C@H](c2cn3nc(-c4ccc(O)cc4)sc3n2)CC1. The van der Waals surface area contributed by atoms with Crippen molar-refractivity contribution in [3.63, 3.8) is 0 Å². The molecule has 1 aliphatic rings. The van der Waals surface area contributed by atoms with Gasteiger partial charge in [0.2, 0.25) is 10.9 Å². The lowest BCUT2D eigenvalue weighted by molar-refractivity contribution is -0.122. The van der Waals surface area contributed by atoms with Crippen molar-refractivity contribution in [1.29, 1.82) is 0 Å². The number of aromatic nitrogens is 3. The molecule has 3 aromatic rings. The number of fused-ring (bicyclic) bond motifs is 1. The summed E-state index contributed by atoms with van der Waals surface area (Å²) in [6.07, 6.45) is 5.58. The number of rotatable bonds is 3. The Kier molecular flexibility index (Phi) is 3.72. The van der Waals surface area contributed by atoms with E-state index < -0.39 is 0 Å². The summed E-state index contributed by atoms with van der Waals surface area (Å²) in [5.41, 5.74) is 7.41. The quantitative estimate of drug-likeness (QED) is 0.765. The van der Waals surface area contributed by atoms with Gasteiger partial charge in [-0.25, -0.2) is 9.50 Å². The van der Waals surface area contributed by atoms with Crippen molar-refractivity contribution in [2.45, 2.75) is 31.6 Å². The fourth-order valence-corrected chi connectivity index (χ4v) is 4.20. The summed E-state index contributed by atoms with van der Waals surface area (Å²) in [4.78, 5) is 16.9. The van der Waals surface area contributed by atoms with Crippen LogP contribution in [0.25, 0.3) is 15.5 Å². The molecule has 7 heteroatoms. The highest BCUT2D eigenvalue weighted by Crippen LogP contribution is 2.36. The molecular formula is C17H18N4O2S. The van der Waals surface area contributed by atoms with Gasteiger partial charge in [0.25, 0.3) is 0 Å². The molecule has 0 bridgehead atoms. The lowest BCUT2D eigenvalue weighted by Crippen LogP contribution is -2.27. The number of phenolic OH excluding ortho intramolecular Hbond substituents is 1. The average molecular weight is 342 g/mol. The molecule has 1 fully saturated rings. The lowest BCUT2D eigenvalue weighted by atomic mass is 9.80. The van der Waals surface area contributed by atoms with Gasteiger partial charge < -0.3 is 10.8 Å². The molecule has 0 unspecified atom stereocenters. The van der Waals surface area contributed by atoms with Gasteiger partial charge in [0.1, 0.15) is 10.8 Å². The highest BCUT2D eigenvalue weighted by molar-refractivity contribution is 7.19. The summed E-state index contributed by atoms with van der Waals surface area (Å²) in [6, 6.07) is 7.00. The molecular weight excluding hydrogens is 324 g/mol. The summed E-state index contributed by atoms with van der Waals surface area (Å²) in [5, 5.41) is 14.8. The summed E-state index contributed by atoms with van der Waals surface area (Å²) in [6.45, 7) is 0. The van der Waals surface area contributed by atoms with Crippen LogP contribution in [0.2, 0.25) is 0 Å². The van der Waals surface area contributed by atoms with E-state index >= 15 is 0 Å². The van der Waals surface area contributed by atoms with Crippen molar-refractivity contribution in [1.82, 2.24) is 14.6 Å². The van der Waals surface area contributed by atoms with E-state index in [1.807, 2.05) is 22.8 Å². The van der Waals surface area contributed by atoms with Gasteiger partial charge in [-0.05, 0) is 49.9 Å². The van der Waals surface area contributed by atoms with Crippen LogP contribution in [0.1, 0.15) is 37.3 Å². The smallest absolute Gasteiger partial charge is 0.220 e. The van der Waals surface area contributed by atoms with Crippen molar-refractivity contribution in [3.05, 3.63) is 36.2 Å². The number of imidazole rings is 1. The Morgan fingerprint density at radius 1 is 1.21 bits per heavy atom. The standard InChI is InChI=1S/C17H18N4O2S/c18-15(23)11-3-1-10(2-4-11)14-9-21-17(19-14)24-16(20-21)12-5-7-13(22)8-6-12/h5-11,22H,1-4H2,(H2,18,23)/t10-,11-. The largest absolute Gasteiger partial charge is 0.508 e. The van der Waals surface area contributed by atoms with Crippen LogP contribution in [-0.4, -0.2) is 25.6 Å². The Labute approximate surface area is 142 Å². The fourth-order valence-electron chi connectivity index (χ4n) is 3.31. The van der Waals surface area contributed by atoms with E-state index in [0.29, 0.717) is 5.92 Å². The number of primary amides is 1. The Balaban J connectivity index is 1.54. The Bertz CT molecular complexity index is 844. The number of nitrogens with zero attached hydrogens (tertiary/aromatic N) is 3. The first-order valence-electron chi connectivity index (χ1n) is 8.05. The summed E-state index contributed by atoms with van der Waals surface area (Å²) in [5.74, 6) is 0.462. The summed E-state index contributed by atoms with van der Waals surface area (Å²) >= 11 is 1.53. The first-order chi connectivity index (χ1) is 11.6. The zero-order chi connectivity index (χ0) is 16.7. The number of carbonyl (C=O) groups is 1. The summed E-state index contributed by atoms with van der Waals surface area (Å²) < 4.78 is 1.82. The molecule has 4 rings (SSSR count). The fraction of sp³-hybridized carbons (Fsp3) is 0.353. The maximum absolute atomic E-state index is 11.3. The van der Waals surface area contributed by atoms with Crippen molar-refractivity contribution in [3.8, 4) is 16.3 Å². The molecule has 2 heterocycles. The maximum Gasteiger partial charge on any atom is 0.220 e. The molecule has 1 aromatic carbocycles. The van der Waals surface area contributed by atoms with E-state index in [2.05, 4.69) is 5.10 Å². The van der Waals surface area contributed by atoms with Crippen LogP contribution in [-0.2, 0) is 4.79 Å². The minimum absolute atomic E-state index is 0.0178. The zero-order valence-electron chi connectivity index (χ0n) is 13.1. The van der Waals surface area contributed by atoms with Crippen LogP contribution in [0.3, 0.4) is 0 Å². The minimum atomic E-state index is -0.181. The van der Waals surface area contributed by atoms with Crippen LogP contribution in [0.15, 0.2) is 30.5 Å². The number of nitrogens with two attached hydrogens (primary N) is 1. The molecule has 0 aliphatic heterocycles. The van der Waals surface area contributed by atoms with Crippen molar-refractivity contribution >= 4 is 22.2 Å². The molecule has 1 amide bonds. The molecule has 124 valence electrons. The third kappa shape index (κ3) is 2.75. The van der Waals surface area contributed by atoms with Gasteiger partial charge in [-0.1, -0.05) is 11.3 Å². The number of hydrogen-bond acceptors (Lipinski definition) is 5. The predicted octanol–water partition coefficient (Wildman–Crippen LogP) is 2.92. The van der Waals surface area contributed by atoms with Gasteiger partial charge in [-0.15, -0.1) is 0 Å². The molecule has 24 heavy (non-hydrogen) atoms. The molecule has 2 aromatic heterocycles. The van der Waals surface area contributed by atoms with Crippen LogP contribution >= 0.6 is 11.3 Å². The second-order valence-electron chi connectivity index (χ2n) is 6.30. The number of carbonyl (C=O) groups excluding carboxylic acids is 1. The number of benzene rings is 1. The van der Waals surface area contributed by atoms with E-state index in [1.54, 1.807) is 12.1 Å². The first kappa shape index (κ1) is 15.1. The lowest BCUT2D eigenvalue weighted by Gasteiger charge is -2.25. The van der Waals surface area contributed by atoms with E-state index in [0.717, 1.165) is 46.9 Å². The Hall–Kier alpha value is -2.41. The molecule has 0 atom stereocenters. The van der Waals surface area contributed by atoms with Gasteiger partial charge in [-0.3, -0.25) is 4.79 Å². The highest BCUT2D eigenvalue weighted by Gasteiger charge is 2.27. The third-order valence-electron chi connectivity index (χ3n) is 4.72. The van der Waals surface area contributed by atoms with Crippen molar-refractivity contribution in [2.24, 2.45) is 11.7 Å². The van der Waals surface area contributed by atoms with Crippen molar-refractivity contribution < 1.29 is 9.90 Å². The number of amides is 1. The zero-order valence-corrected chi connectivity index (χ0v) is 13.9. The van der Waals surface area contributed by atoms with Gasteiger partial charge in [0.15, 0.2) is 0 Å². The number of hydrogen-bond donors (Lipinski definition) is 2. The Morgan fingerprint density at radius 2 is 1.92 bits per heavy atom. The first-order valence-corrected chi connectivity index (χ1v) is 8.86. The van der Waals surface area contributed by atoms with Gasteiger partial charge in [0, 0.05) is 17.4 Å². The monoisotopic (exact) mass is 342 g/mol. The minimum Gasteiger partial charge on any atom is -0.508 e. The average Bonchev–Trinajstić information content (AvgIpc) is 3.14. The van der Waals surface area contributed by atoms with Crippen LogP contribution in [0, 0.1) is 5.92 Å². The number of aromatic hydroxyl groups is 1. The maximum atomic E-state index is 11.3. The van der Waals surface area contributed by atoms with Gasteiger partial charge in [0.05, 0.1) is 11.9 Å². The summed E-state index contributed by atoms with van der Waals surface area (Å²) in [7, 11) is 0. The molecule has 1 aliphatic carbocycles. The predicted molar refractivity (Wildman–Crippen MR) is 91.9 cm³/mol. The van der Waals surface area contributed by atoms with E-state index in [1.165, 1.54) is 11.3 Å². The topological polar surface area (TPSA) is 93.5 Å². The molecule has 0 radical (unpaired) electrons. The number of phenols is 1.